The number of hydrogen-bond donors (Lipinski definition) is 3. The normalized spacial score (nSPS) is 4.00. The summed E-state index contributed by atoms with van der Waals surface area (Å²) in [5.74, 6) is 0. The molecule has 0 rings (SSSR count). The second kappa shape index (κ2) is 17.5. The summed E-state index contributed by atoms with van der Waals surface area (Å²) in [5.41, 5.74) is 9.50. The molecule has 0 amide bonds. The zero-order valence-corrected chi connectivity index (χ0v) is 5.60. The Kier molecular flexibility index (Phi) is 39.8. The maximum atomic E-state index is 8.00. The molecule has 7 N–H and O–H groups in total. The molecule has 0 aromatic carbocycles. The average molecular weight is 170 g/mol. The standard InChI is InChI=1S/CH4N2Se.CH2O.H3N/c2-1(3)4;1-2;/h(H4,2,3,4);1H2;1H3. The fourth-order valence-corrected chi connectivity index (χ4v) is 0. The Morgan fingerprint density at radius 1 is 1.43 bits per heavy atom. The van der Waals surface area contributed by atoms with Gasteiger partial charge in [-0.25, -0.2) is 0 Å². The van der Waals surface area contributed by atoms with Crippen LogP contribution in [0.2, 0.25) is 0 Å². The van der Waals surface area contributed by atoms with E-state index in [0.717, 1.165) is 0 Å². The van der Waals surface area contributed by atoms with Crippen LogP contribution in [0, 0.1) is 0 Å². The van der Waals surface area contributed by atoms with Gasteiger partial charge >= 0.3 is 31.7 Å². The Morgan fingerprint density at radius 2 is 1.43 bits per heavy atom. The van der Waals surface area contributed by atoms with Gasteiger partial charge in [-0.3, -0.25) is 0 Å². The van der Waals surface area contributed by atoms with Crippen molar-refractivity contribution in [3.8, 4) is 0 Å². The number of rotatable bonds is 0. The van der Waals surface area contributed by atoms with Crippen molar-refractivity contribution in [1.82, 2.24) is 6.15 Å². The molecule has 4 nitrogen and oxygen atoms in total. The van der Waals surface area contributed by atoms with E-state index in [9.17, 15) is 0 Å². The predicted molar refractivity (Wildman–Crippen MR) is 31.3 cm³/mol. The first-order chi connectivity index (χ1) is 2.73. The van der Waals surface area contributed by atoms with Crippen molar-refractivity contribution in [1.29, 1.82) is 0 Å². The minimum atomic E-state index is 0. The van der Waals surface area contributed by atoms with Gasteiger partial charge in [-0.15, -0.1) is 0 Å². The molecular formula is C2H9N3OSe. The average Bonchev–Trinajstić information content (AvgIpc) is 1.41. The summed E-state index contributed by atoms with van der Waals surface area (Å²) in [5, 5.41) is 0. The third-order valence-corrected chi connectivity index (χ3v) is 0. The summed E-state index contributed by atoms with van der Waals surface area (Å²) in [4.78, 5) is 8.00. The van der Waals surface area contributed by atoms with Crippen molar-refractivity contribution in [3.63, 3.8) is 0 Å². The first-order valence-electron chi connectivity index (χ1n) is 1.07. The van der Waals surface area contributed by atoms with Crippen LogP contribution in [0.3, 0.4) is 0 Å². The van der Waals surface area contributed by atoms with Crippen LogP contribution < -0.4 is 17.6 Å². The van der Waals surface area contributed by atoms with Gasteiger partial charge in [-0.05, 0) is 0 Å². The molecule has 0 heterocycles. The van der Waals surface area contributed by atoms with Gasteiger partial charge in [0.25, 0.3) is 0 Å². The van der Waals surface area contributed by atoms with Gasteiger partial charge in [-0.2, -0.15) is 0 Å². The molecule has 0 aliphatic carbocycles. The molecule has 0 aliphatic heterocycles. The SMILES string of the molecule is C=O.N.NC(N)=[Se]. The Labute approximate surface area is 50.2 Å². The molecule has 0 fully saturated rings. The molecule has 0 unspecified atom stereocenters. The van der Waals surface area contributed by atoms with Crippen LogP contribution >= 0.6 is 0 Å². The number of nitrogens with two attached hydrogens (primary N) is 2. The summed E-state index contributed by atoms with van der Waals surface area (Å²) in [6.45, 7) is 2.00. The van der Waals surface area contributed by atoms with Crippen molar-refractivity contribution in [2.45, 2.75) is 0 Å². The molecule has 0 spiro atoms. The van der Waals surface area contributed by atoms with Crippen molar-refractivity contribution in [2.24, 2.45) is 11.5 Å². The Balaban J connectivity index is -0.0000000480. The molecular weight excluding hydrogens is 161 g/mol. The number of carbonyl (C=O) groups excluding carboxylic acids is 1. The van der Waals surface area contributed by atoms with E-state index in [1.165, 1.54) is 0 Å². The first kappa shape index (κ1) is 16.0. The zero-order valence-electron chi connectivity index (χ0n) is 3.89. The first-order valence-corrected chi connectivity index (χ1v) is 1.93. The summed E-state index contributed by atoms with van der Waals surface area (Å²) in [7, 11) is 0. The van der Waals surface area contributed by atoms with E-state index in [1.807, 2.05) is 6.79 Å². The Bertz CT molecular complexity index is 44.2. The molecule has 0 aliphatic rings. The minimum absolute atomic E-state index is 0. The van der Waals surface area contributed by atoms with Crippen LogP contribution in [0.1, 0.15) is 0 Å². The molecule has 0 bridgehead atoms. The number of carbonyl (C=O) groups is 1. The second-order valence-electron chi connectivity index (χ2n) is 0.402. The molecule has 0 atom stereocenters. The fourth-order valence-electron chi connectivity index (χ4n) is 0. The molecule has 0 aromatic rings. The van der Waals surface area contributed by atoms with E-state index in [4.69, 9.17) is 16.3 Å². The van der Waals surface area contributed by atoms with Crippen LogP contribution in [0.5, 0.6) is 0 Å². The monoisotopic (exact) mass is 171 g/mol. The summed E-state index contributed by atoms with van der Waals surface area (Å²) in [6.07, 6.45) is 0. The predicted octanol–water partition coefficient (Wildman–Crippen LogP) is -1.86. The van der Waals surface area contributed by atoms with E-state index < -0.39 is 0 Å². The molecule has 0 radical (unpaired) electrons. The van der Waals surface area contributed by atoms with Gasteiger partial charge in [-0.1, -0.05) is 0 Å². The maximum absolute atomic E-state index is 8.00. The molecule has 7 heavy (non-hydrogen) atoms. The zero-order chi connectivity index (χ0) is 5.58. The van der Waals surface area contributed by atoms with Crippen LogP contribution in [-0.4, -0.2) is 27.0 Å². The number of hydrogen-bond acceptors (Lipinski definition) is 4. The van der Waals surface area contributed by atoms with Gasteiger partial charge < -0.3 is 10.9 Å². The van der Waals surface area contributed by atoms with Gasteiger partial charge in [0, 0.05) is 0 Å². The fraction of sp³-hybridized carbons (Fsp3) is 0. The van der Waals surface area contributed by atoms with Gasteiger partial charge in [0.2, 0.25) is 0 Å². The molecule has 5 heteroatoms. The van der Waals surface area contributed by atoms with E-state index in [0.29, 0.717) is 4.67 Å². The van der Waals surface area contributed by atoms with E-state index in [-0.39, 0.29) is 6.15 Å². The second-order valence-corrected chi connectivity index (χ2v) is 1.39. The van der Waals surface area contributed by atoms with Gasteiger partial charge in [0.05, 0.1) is 0 Å². The van der Waals surface area contributed by atoms with Crippen molar-refractivity contribution in [2.75, 3.05) is 0 Å². The van der Waals surface area contributed by atoms with Crippen molar-refractivity contribution >= 4 is 27.0 Å². The summed E-state index contributed by atoms with van der Waals surface area (Å²) < 4.78 is 0.292. The van der Waals surface area contributed by atoms with Crippen LogP contribution in [0.15, 0.2) is 0 Å². The van der Waals surface area contributed by atoms with E-state index in [1.54, 1.807) is 0 Å². The van der Waals surface area contributed by atoms with E-state index >= 15 is 0 Å². The topological polar surface area (TPSA) is 104 Å². The van der Waals surface area contributed by atoms with Crippen LogP contribution in [-0.2, 0) is 4.79 Å². The molecule has 44 valence electrons. The summed E-state index contributed by atoms with van der Waals surface area (Å²) >= 11 is 2.38. The Hall–Kier alpha value is -0.381. The Morgan fingerprint density at radius 3 is 1.43 bits per heavy atom. The van der Waals surface area contributed by atoms with Crippen molar-refractivity contribution < 1.29 is 4.79 Å². The molecule has 0 saturated carbocycles. The molecule has 0 saturated heterocycles. The third kappa shape index (κ3) is 508. The van der Waals surface area contributed by atoms with Crippen molar-refractivity contribution in [3.05, 3.63) is 0 Å². The van der Waals surface area contributed by atoms with Crippen LogP contribution in [0.4, 0.5) is 0 Å². The summed E-state index contributed by atoms with van der Waals surface area (Å²) in [6, 6.07) is 0. The van der Waals surface area contributed by atoms with Gasteiger partial charge in [0.15, 0.2) is 0 Å². The third-order valence-electron chi connectivity index (χ3n) is 0. The molecule has 0 aromatic heterocycles. The van der Waals surface area contributed by atoms with Gasteiger partial charge in [0.1, 0.15) is 6.79 Å². The quantitative estimate of drug-likeness (QED) is 0.370. The van der Waals surface area contributed by atoms with E-state index in [2.05, 4.69) is 15.6 Å². The van der Waals surface area contributed by atoms with Crippen LogP contribution in [0.25, 0.3) is 0 Å².